The third-order valence-electron chi connectivity index (χ3n) is 4.09. The maximum Gasteiger partial charge on any atom is 0.339 e. The highest BCUT2D eigenvalue weighted by Gasteiger charge is 2.28. The molecular formula is C18H13FN2O4S. The molecule has 0 spiro atoms. The Balaban J connectivity index is 2.18. The van der Waals surface area contributed by atoms with Crippen molar-refractivity contribution in [3.8, 4) is 6.07 Å². The number of cyclic esters (lactones) is 1. The summed E-state index contributed by atoms with van der Waals surface area (Å²) in [6.07, 6.45) is 0. The fourth-order valence-corrected chi connectivity index (χ4v) is 3.33. The number of nitrogens with two attached hydrogens (primary N) is 1. The smallest absolute Gasteiger partial charge is 0.339 e. The summed E-state index contributed by atoms with van der Waals surface area (Å²) in [5, 5.41) is 14.1. The molecule has 0 aliphatic carbocycles. The van der Waals surface area contributed by atoms with Gasteiger partial charge in [-0.3, -0.25) is 0 Å². The van der Waals surface area contributed by atoms with Crippen molar-refractivity contribution in [1.29, 1.82) is 5.26 Å². The number of esters is 1. The first-order valence-electron chi connectivity index (χ1n) is 7.46. The van der Waals surface area contributed by atoms with Crippen molar-refractivity contribution in [2.24, 2.45) is 5.14 Å². The van der Waals surface area contributed by atoms with Crippen LogP contribution in [0, 0.1) is 24.1 Å². The zero-order valence-electron chi connectivity index (χ0n) is 13.6. The molecular weight excluding hydrogens is 359 g/mol. The van der Waals surface area contributed by atoms with Crippen molar-refractivity contribution in [1.82, 2.24) is 0 Å². The molecule has 2 aromatic rings. The van der Waals surface area contributed by atoms with Crippen LogP contribution in [0.15, 0.2) is 41.3 Å². The molecule has 0 amide bonds. The predicted octanol–water partition coefficient (Wildman–Crippen LogP) is 2.12. The summed E-state index contributed by atoms with van der Waals surface area (Å²) in [4.78, 5) is 11.6. The molecule has 0 fully saturated rings. The van der Waals surface area contributed by atoms with Crippen LogP contribution in [0.3, 0.4) is 0 Å². The Morgan fingerprint density at radius 2 is 1.88 bits per heavy atom. The van der Waals surface area contributed by atoms with Gasteiger partial charge in [0.1, 0.15) is 17.3 Å². The highest BCUT2D eigenvalue weighted by atomic mass is 32.2. The lowest BCUT2D eigenvalue weighted by molar-refractivity contribution is -0.133. The van der Waals surface area contributed by atoms with Gasteiger partial charge in [0.05, 0.1) is 17.2 Å². The third-order valence-corrected chi connectivity index (χ3v) is 5.03. The van der Waals surface area contributed by atoms with Gasteiger partial charge in [-0.05, 0) is 41.8 Å². The van der Waals surface area contributed by atoms with Crippen LogP contribution < -0.4 is 5.14 Å². The number of ether oxygens (including phenoxy) is 1. The Labute approximate surface area is 149 Å². The lowest BCUT2D eigenvalue weighted by Crippen LogP contribution is -2.14. The number of nitriles is 1. The van der Waals surface area contributed by atoms with Gasteiger partial charge in [-0.25, -0.2) is 22.7 Å². The van der Waals surface area contributed by atoms with Crippen LogP contribution in [0.1, 0.15) is 22.3 Å². The molecule has 3 rings (SSSR count). The Bertz CT molecular complexity index is 1110. The maximum absolute atomic E-state index is 14.1. The van der Waals surface area contributed by atoms with E-state index in [0.29, 0.717) is 22.3 Å². The maximum atomic E-state index is 14.1. The van der Waals surface area contributed by atoms with Crippen molar-refractivity contribution in [2.45, 2.75) is 11.8 Å². The quantitative estimate of drug-likeness (QED) is 0.830. The van der Waals surface area contributed by atoms with E-state index in [4.69, 9.17) is 9.88 Å². The molecule has 2 aromatic carbocycles. The highest BCUT2D eigenvalue weighted by molar-refractivity contribution is 7.89. The van der Waals surface area contributed by atoms with Gasteiger partial charge in [0.15, 0.2) is 0 Å². The number of sulfonamides is 1. The van der Waals surface area contributed by atoms with E-state index < -0.39 is 26.7 Å². The highest BCUT2D eigenvalue weighted by Crippen LogP contribution is 2.34. The van der Waals surface area contributed by atoms with Crippen molar-refractivity contribution in [3.63, 3.8) is 0 Å². The average Bonchev–Trinajstić information content (AvgIpc) is 2.96. The molecule has 1 heterocycles. The molecule has 0 saturated carbocycles. The largest absolute Gasteiger partial charge is 0.457 e. The van der Waals surface area contributed by atoms with Crippen molar-refractivity contribution < 1.29 is 22.3 Å². The van der Waals surface area contributed by atoms with Crippen molar-refractivity contribution >= 4 is 27.1 Å². The second-order valence-electron chi connectivity index (χ2n) is 5.76. The number of rotatable bonds is 3. The average molecular weight is 372 g/mol. The number of hydrogen-bond donors (Lipinski definition) is 1. The minimum atomic E-state index is -4.19. The number of aryl methyl sites for hydroxylation is 1. The van der Waals surface area contributed by atoms with Gasteiger partial charge in [-0.15, -0.1) is 0 Å². The zero-order chi connectivity index (χ0) is 19.1. The van der Waals surface area contributed by atoms with E-state index in [9.17, 15) is 22.9 Å². The first-order valence-corrected chi connectivity index (χ1v) is 9.01. The lowest BCUT2D eigenvalue weighted by atomic mass is 9.94. The summed E-state index contributed by atoms with van der Waals surface area (Å²) >= 11 is 0. The number of nitrogens with zero attached hydrogens (tertiary/aromatic N) is 1. The molecule has 8 heteroatoms. The van der Waals surface area contributed by atoms with Crippen LogP contribution in [-0.2, 0) is 19.6 Å². The topological polar surface area (TPSA) is 110 Å². The molecule has 1 aliphatic heterocycles. The number of halogens is 1. The fraction of sp³-hybridized carbons (Fsp3) is 0.111. The first kappa shape index (κ1) is 17.8. The molecule has 6 nitrogen and oxygen atoms in total. The molecule has 0 unspecified atom stereocenters. The van der Waals surface area contributed by atoms with E-state index in [-0.39, 0.29) is 12.2 Å². The normalized spacial score (nSPS) is 14.3. The zero-order valence-corrected chi connectivity index (χ0v) is 14.4. The van der Waals surface area contributed by atoms with Crippen LogP contribution in [0.2, 0.25) is 0 Å². The van der Waals surface area contributed by atoms with Gasteiger partial charge in [0.2, 0.25) is 10.0 Å². The standard InChI is InChI=1S/C18H13FN2O4S/c1-10-2-3-12(6-13(10)8-20)17-14(9-25-18(17)22)11-4-5-16(15(19)7-11)26(21,23)24/h2-7H,9H2,1H3,(H2,21,23,24). The summed E-state index contributed by atoms with van der Waals surface area (Å²) in [5.74, 6) is -1.61. The second kappa shape index (κ2) is 6.37. The molecule has 2 N–H and O–H groups in total. The summed E-state index contributed by atoms with van der Waals surface area (Å²) in [6, 6.07) is 10.4. The Kier molecular flexibility index (Phi) is 4.36. The number of carbonyl (C=O) groups excluding carboxylic acids is 1. The number of benzene rings is 2. The lowest BCUT2D eigenvalue weighted by Gasteiger charge is -2.08. The molecule has 0 radical (unpaired) electrons. The number of hydrogen-bond acceptors (Lipinski definition) is 5. The van der Waals surface area contributed by atoms with Crippen molar-refractivity contribution in [3.05, 3.63) is 64.5 Å². The van der Waals surface area contributed by atoms with Gasteiger partial charge in [0.25, 0.3) is 0 Å². The van der Waals surface area contributed by atoms with Gasteiger partial charge >= 0.3 is 5.97 Å². The molecule has 132 valence electrons. The Morgan fingerprint density at radius 3 is 2.50 bits per heavy atom. The fourth-order valence-electron chi connectivity index (χ4n) is 2.74. The van der Waals surface area contributed by atoms with Crippen LogP contribution >= 0.6 is 0 Å². The minimum absolute atomic E-state index is 0.0852. The van der Waals surface area contributed by atoms with Gasteiger partial charge in [0, 0.05) is 5.57 Å². The molecule has 0 aromatic heterocycles. The first-order chi connectivity index (χ1) is 12.2. The van der Waals surface area contributed by atoms with Crippen LogP contribution in [-0.4, -0.2) is 21.0 Å². The molecule has 0 atom stereocenters. The molecule has 0 saturated heterocycles. The molecule has 0 bridgehead atoms. The van der Waals surface area contributed by atoms with Gasteiger partial charge < -0.3 is 4.74 Å². The van der Waals surface area contributed by atoms with E-state index in [1.54, 1.807) is 25.1 Å². The second-order valence-corrected chi connectivity index (χ2v) is 7.29. The Morgan fingerprint density at radius 1 is 1.19 bits per heavy atom. The summed E-state index contributed by atoms with van der Waals surface area (Å²) < 4.78 is 41.9. The summed E-state index contributed by atoms with van der Waals surface area (Å²) in [7, 11) is -4.19. The van der Waals surface area contributed by atoms with Crippen LogP contribution in [0.4, 0.5) is 4.39 Å². The van der Waals surface area contributed by atoms with E-state index in [1.165, 1.54) is 6.07 Å². The monoisotopic (exact) mass is 372 g/mol. The van der Waals surface area contributed by atoms with E-state index >= 15 is 0 Å². The predicted molar refractivity (Wildman–Crippen MR) is 91.4 cm³/mol. The molecule has 26 heavy (non-hydrogen) atoms. The van der Waals surface area contributed by atoms with Gasteiger partial charge in [-0.2, -0.15) is 5.26 Å². The summed E-state index contributed by atoms with van der Waals surface area (Å²) in [6.45, 7) is 1.68. The summed E-state index contributed by atoms with van der Waals surface area (Å²) in [5.41, 5.74) is 2.56. The van der Waals surface area contributed by atoms with E-state index in [0.717, 1.165) is 17.7 Å². The van der Waals surface area contributed by atoms with E-state index in [2.05, 4.69) is 0 Å². The number of carbonyl (C=O) groups is 1. The number of primary sulfonamides is 1. The van der Waals surface area contributed by atoms with Crippen molar-refractivity contribution in [2.75, 3.05) is 6.61 Å². The minimum Gasteiger partial charge on any atom is -0.457 e. The van der Waals surface area contributed by atoms with Gasteiger partial charge in [-0.1, -0.05) is 18.2 Å². The van der Waals surface area contributed by atoms with Crippen LogP contribution in [0.5, 0.6) is 0 Å². The SMILES string of the molecule is Cc1ccc(C2=C(c3ccc(S(N)(=O)=O)c(F)c3)COC2=O)cc1C#N. The molecule has 1 aliphatic rings. The van der Waals surface area contributed by atoms with Crippen LogP contribution in [0.25, 0.3) is 11.1 Å². The van der Waals surface area contributed by atoms with E-state index in [1.807, 2.05) is 6.07 Å². The third kappa shape index (κ3) is 3.10. The Hall–Kier alpha value is -3.02.